The molecule has 0 aromatic carbocycles. The van der Waals surface area contributed by atoms with Crippen LogP contribution in [0.4, 0.5) is 0 Å². The van der Waals surface area contributed by atoms with Gasteiger partial charge in [-0.15, -0.1) is 0 Å². The van der Waals surface area contributed by atoms with Crippen molar-refractivity contribution in [2.75, 3.05) is 24.7 Å². The molecule has 0 aliphatic rings. The summed E-state index contributed by atoms with van der Waals surface area (Å²) in [4.78, 5) is 28.6. The molecule has 0 aromatic heterocycles. The van der Waals surface area contributed by atoms with Crippen LogP contribution in [0.2, 0.25) is 8.87 Å². The monoisotopic (exact) mass is 1200 g/mol. The van der Waals surface area contributed by atoms with Crippen molar-refractivity contribution in [2.24, 2.45) is 11.8 Å². The van der Waals surface area contributed by atoms with Crippen molar-refractivity contribution in [2.45, 2.75) is 344 Å². The Hall–Kier alpha value is -0.161. The van der Waals surface area contributed by atoms with E-state index < -0.39 is 31.0 Å². The van der Waals surface area contributed by atoms with E-state index in [4.69, 9.17) is 16.4 Å². The molecule has 0 aliphatic heterocycles. The Kier molecular flexibility index (Phi) is 61.3. The van der Waals surface area contributed by atoms with Crippen LogP contribution in [0, 0.1) is 11.8 Å². The van der Waals surface area contributed by atoms with E-state index >= 15 is 0 Å². The third-order valence-corrected chi connectivity index (χ3v) is 26.1. The molecule has 9 heteroatoms. The van der Waals surface area contributed by atoms with Crippen LogP contribution in [0.15, 0.2) is 24.3 Å². The van der Waals surface area contributed by atoms with E-state index in [1.165, 1.54) is 257 Å². The summed E-state index contributed by atoms with van der Waals surface area (Å²) < 4.78 is 15.1. The van der Waals surface area contributed by atoms with Gasteiger partial charge in [-0.3, -0.25) is 0 Å². The number of hydrogen-bond acceptors (Lipinski definition) is 8. The Morgan fingerprint density at radius 2 is 0.560 bits per heavy atom. The fourth-order valence-corrected chi connectivity index (χ4v) is 20.6. The molecule has 0 amide bonds. The first-order valence-corrected chi connectivity index (χ1v) is 40.8. The van der Waals surface area contributed by atoms with Crippen LogP contribution >= 0.6 is 25.3 Å². The first-order valence-electron chi connectivity index (χ1n) is 33.2. The minimum atomic E-state index is -4.32. The number of hydrogen-bond donors (Lipinski definition) is 4. The maximum absolute atomic E-state index is 14.3. The average molecular weight is 1200 g/mol. The van der Waals surface area contributed by atoms with Crippen LogP contribution < -0.4 is 0 Å². The van der Waals surface area contributed by atoms with Crippen LogP contribution in [0.1, 0.15) is 335 Å². The van der Waals surface area contributed by atoms with Gasteiger partial charge >= 0.3 is 361 Å². The SMILES string of the molecule is CCCCCCCCCCC[CH2][Sn]([CH2]CCCCCCCCCCC)([O]C(=O)C(C=CCCCCCCCCCCCCCCCCO)CS)[O]C(=O)C(C=CCCCCCCCCCCCCCCCCO)CS. The molecule has 6 nitrogen and oxygen atoms in total. The molecule has 2 N–H and O–H groups in total. The standard InChI is InChI=1S/2C21H40O3S.2C12H25.Sn/c2*22-18-16-14-12-10-8-6-4-2-1-3-5-7-9-11-13-15-17-20(19-25)21(23)24;2*1-3-5-7-9-11-12-10-8-6-4-2;/h2*15,17,20,22,25H,1-14,16,18-19H2,(H,23,24);2*1,3-12H2,2H3;/q;;;;+2/p-2. The Bertz CT molecular complexity index is 1140. The van der Waals surface area contributed by atoms with Crippen molar-refractivity contribution in [1.82, 2.24) is 0 Å². The van der Waals surface area contributed by atoms with Gasteiger partial charge in [0.1, 0.15) is 0 Å². The molecule has 2 atom stereocenters. The zero-order valence-electron chi connectivity index (χ0n) is 50.0. The topological polar surface area (TPSA) is 93.1 Å². The number of unbranched alkanes of at least 4 members (excludes halogenated alkanes) is 46. The van der Waals surface area contributed by atoms with Crippen LogP contribution in [0.5, 0.6) is 0 Å². The summed E-state index contributed by atoms with van der Waals surface area (Å²) in [5.74, 6) is -0.557. The summed E-state index contributed by atoms with van der Waals surface area (Å²) >= 11 is 5.05. The van der Waals surface area contributed by atoms with Crippen molar-refractivity contribution < 1.29 is 26.0 Å². The molecule has 0 aromatic rings. The van der Waals surface area contributed by atoms with Crippen LogP contribution in [-0.4, -0.2) is 66.1 Å². The van der Waals surface area contributed by atoms with Crippen molar-refractivity contribution in [3.8, 4) is 0 Å². The molecule has 0 radical (unpaired) electrons. The average Bonchev–Trinajstić information content (AvgIpc) is 3.41. The second-order valence-corrected chi connectivity index (χ2v) is 32.9. The summed E-state index contributed by atoms with van der Waals surface area (Å²) in [6.07, 6.45) is 70.5. The van der Waals surface area contributed by atoms with Gasteiger partial charge in [0.25, 0.3) is 0 Å². The molecule has 0 rings (SSSR count). The summed E-state index contributed by atoms with van der Waals surface area (Å²) in [5.41, 5.74) is 0. The molecule has 2 unspecified atom stereocenters. The molecule has 444 valence electrons. The number of thiol groups is 2. The first kappa shape index (κ1) is 74.8. The van der Waals surface area contributed by atoms with Gasteiger partial charge in [0.15, 0.2) is 0 Å². The summed E-state index contributed by atoms with van der Waals surface area (Å²) in [5, 5.41) is 17.9. The van der Waals surface area contributed by atoms with Crippen molar-refractivity contribution in [3.05, 3.63) is 24.3 Å². The zero-order valence-corrected chi connectivity index (χ0v) is 54.6. The molecular formula is C66H128O6S2Sn. The second kappa shape index (κ2) is 61.5. The molecule has 0 fully saturated rings. The van der Waals surface area contributed by atoms with Gasteiger partial charge in [0.2, 0.25) is 0 Å². The predicted molar refractivity (Wildman–Crippen MR) is 337 cm³/mol. The van der Waals surface area contributed by atoms with Gasteiger partial charge in [-0.1, -0.05) is 89.9 Å². The molecule has 0 aliphatic carbocycles. The number of carbonyl (C=O) groups excluding carboxylic acids is 2. The minimum absolute atomic E-state index is 0.232. The van der Waals surface area contributed by atoms with E-state index in [1.807, 2.05) is 12.2 Å². The van der Waals surface area contributed by atoms with E-state index in [9.17, 15) is 9.59 Å². The summed E-state index contributed by atoms with van der Waals surface area (Å²) in [6, 6.07) is 0. The molecular weight excluding hydrogens is 1070 g/mol. The fourth-order valence-electron chi connectivity index (χ4n) is 10.6. The van der Waals surface area contributed by atoms with E-state index in [-0.39, 0.29) is 11.9 Å². The summed E-state index contributed by atoms with van der Waals surface area (Å²) in [7, 11) is 0. The van der Waals surface area contributed by atoms with Gasteiger partial charge < -0.3 is 10.2 Å². The second-order valence-electron chi connectivity index (χ2n) is 23.0. The van der Waals surface area contributed by atoms with E-state index in [1.54, 1.807) is 0 Å². The van der Waals surface area contributed by atoms with Crippen molar-refractivity contribution >= 4 is 56.4 Å². The van der Waals surface area contributed by atoms with E-state index in [0.29, 0.717) is 24.7 Å². The molecule has 0 saturated heterocycles. The molecule has 75 heavy (non-hydrogen) atoms. The normalized spacial score (nSPS) is 12.9. The van der Waals surface area contributed by atoms with Gasteiger partial charge in [0, 0.05) is 13.2 Å². The third-order valence-electron chi connectivity index (χ3n) is 15.7. The predicted octanol–water partition coefficient (Wildman–Crippen LogP) is 21.2. The maximum atomic E-state index is 14.3. The summed E-state index contributed by atoms with van der Waals surface area (Å²) in [6.45, 7) is 5.22. The van der Waals surface area contributed by atoms with E-state index in [2.05, 4.69) is 51.3 Å². The quantitative estimate of drug-likeness (QED) is 0.0210. The first-order chi connectivity index (χ1) is 36.9. The Morgan fingerprint density at radius 3 is 0.787 bits per heavy atom. The van der Waals surface area contributed by atoms with Crippen LogP contribution in [-0.2, 0) is 15.7 Å². The Balaban J connectivity index is 5.53. The van der Waals surface area contributed by atoms with E-state index in [0.717, 1.165) is 73.1 Å². The van der Waals surface area contributed by atoms with Gasteiger partial charge in [0.05, 0.1) is 0 Å². The number of carbonyl (C=O) groups is 2. The number of allylic oxidation sites excluding steroid dienone is 2. The van der Waals surface area contributed by atoms with Crippen molar-refractivity contribution in [3.63, 3.8) is 0 Å². The number of aliphatic hydroxyl groups excluding tert-OH is 2. The van der Waals surface area contributed by atoms with Crippen LogP contribution in [0.25, 0.3) is 0 Å². The van der Waals surface area contributed by atoms with Gasteiger partial charge in [-0.05, 0) is 12.8 Å². The molecule has 0 saturated carbocycles. The van der Waals surface area contributed by atoms with Gasteiger partial charge in [-0.25, -0.2) is 0 Å². The third kappa shape index (κ3) is 51.7. The van der Waals surface area contributed by atoms with Crippen LogP contribution in [0.3, 0.4) is 0 Å². The molecule has 0 spiro atoms. The number of aliphatic hydroxyl groups is 2. The Labute approximate surface area is 483 Å². The molecule has 0 bridgehead atoms. The number of rotatable bonds is 62. The zero-order chi connectivity index (χ0) is 54.7. The van der Waals surface area contributed by atoms with Gasteiger partial charge in [-0.2, -0.15) is 0 Å². The molecule has 0 heterocycles. The fraction of sp³-hybridized carbons (Fsp3) is 0.909. The van der Waals surface area contributed by atoms with Crippen molar-refractivity contribution in [1.29, 1.82) is 0 Å². The Morgan fingerprint density at radius 1 is 0.347 bits per heavy atom.